The molecule has 2 heterocycles. The van der Waals surface area contributed by atoms with Crippen molar-refractivity contribution >= 4 is 22.3 Å². The van der Waals surface area contributed by atoms with Gasteiger partial charge < -0.3 is 10.2 Å². The molecule has 1 aromatic heterocycles. The van der Waals surface area contributed by atoms with Gasteiger partial charge in [-0.05, 0) is 60.9 Å². The largest absolute Gasteiger partial charge is 0.381 e. The average molecular weight is 419 g/mol. The first-order valence-corrected chi connectivity index (χ1v) is 11.1. The van der Waals surface area contributed by atoms with Crippen LogP contribution >= 0.6 is 0 Å². The van der Waals surface area contributed by atoms with E-state index in [0.717, 1.165) is 35.6 Å². The minimum Gasteiger partial charge on any atom is -0.381 e. The van der Waals surface area contributed by atoms with Crippen molar-refractivity contribution in [3.05, 3.63) is 101 Å². The number of nitriles is 1. The third-order valence-electron chi connectivity index (χ3n) is 6.29. The molecule has 1 aliphatic rings. The van der Waals surface area contributed by atoms with E-state index in [1.165, 1.54) is 23.1 Å². The van der Waals surface area contributed by atoms with Crippen LogP contribution in [0.5, 0.6) is 0 Å². The summed E-state index contributed by atoms with van der Waals surface area (Å²) in [5, 5.41) is 13.7. The molecule has 4 heteroatoms. The molecular weight excluding hydrogens is 392 g/mol. The fourth-order valence-corrected chi connectivity index (χ4v) is 4.59. The van der Waals surface area contributed by atoms with Crippen LogP contribution in [-0.2, 0) is 6.54 Å². The topological polar surface area (TPSA) is 52.0 Å². The highest BCUT2D eigenvalue weighted by Gasteiger charge is 2.25. The first-order valence-electron chi connectivity index (χ1n) is 11.1. The first-order chi connectivity index (χ1) is 15.7. The van der Waals surface area contributed by atoms with Gasteiger partial charge in [0.25, 0.3) is 0 Å². The van der Waals surface area contributed by atoms with E-state index < -0.39 is 0 Å². The van der Waals surface area contributed by atoms with Gasteiger partial charge in [-0.2, -0.15) is 5.26 Å². The van der Waals surface area contributed by atoms with E-state index in [4.69, 9.17) is 10.2 Å². The maximum atomic E-state index is 8.98. The molecule has 4 nitrogen and oxygen atoms in total. The molecule has 0 aliphatic carbocycles. The smallest absolute Gasteiger partial charge is 0.0991 e. The normalized spacial score (nSPS) is 15.6. The van der Waals surface area contributed by atoms with Gasteiger partial charge in [0, 0.05) is 48.0 Å². The van der Waals surface area contributed by atoms with E-state index in [1.54, 1.807) is 0 Å². The average Bonchev–Trinajstić information content (AvgIpc) is 3.33. The van der Waals surface area contributed by atoms with Crippen LogP contribution in [0.1, 0.15) is 34.7 Å². The fourth-order valence-electron chi connectivity index (χ4n) is 4.59. The van der Waals surface area contributed by atoms with Crippen LogP contribution < -0.4 is 10.2 Å². The monoisotopic (exact) mass is 418 g/mol. The number of anilines is 2. The predicted octanol–water partition coefficient (Wildman–Crippen LogP) is 6.02. The molecule has 1 N–H and O–H groups in total. The number of aromatic nitrogens is 1. The highest BCUT2D eigenvalue weighted by Crippen LogP contribution is 2.35. The molecule has 32 heavy (non-hydrogen) atoms. The number of nitrogens with one attached hydrogen (secondary N) is 1. The predicted molar refractivity (Wildman–Crippen MR) is 131 cm³/mol. The summed E-state index contributed by atoms with van der Waals surface area (Å²) in [7, 11) is 0. The van der Waals surface area contributed by atoms with E-state index in [0.29, 0.717) is 18.0 Å². The minimum atomic E-state index is 0.567. The number of hydrogen-bond acceptors (Lipinski definition) is 4. The summed E-state index contributed by atoms with van der Waals surface area (Å²) >= 11 is 0. The quantitative estimate of drug-likeness (QED) is 0.430. The summed E-state index contributed by atoms with van der Waals surface area (Å²) < 4.78 is 0. The Hall–Kier alpha value is -3.84. The molecule has 1 aliphatic heterocycles. The van der Waals surface area contributed by atoms with Crippen molar-refractivity contribution in [3.63, 3.8) is 0 Å². The molecule has 0 bridgehead atoms. The summed E-state index contributed by atoms with van der Waals surface area (Å²) in [5.41, 5.74) is 7.69. The summed E-state index contributed by atoms with van der Waals surface area (Å²) in [5.74, 6) is 0.567. The molecule has 1 unspecified atom stereocenters. The van der Waals surface area contributed by atoms with Crippen LogP contribution in [0.25, 0.3) is 10.9 Å². The molecule has 5 rings (SSSR count). The molecular formula is C28H26N4. The lowest BCUT2D eigenvalue weighted by Crippen LogP contribution is -2.20. The molecule has 0 spiro atoms. The molecule has 0 saturated carbocycles. The van der Waals surface area contributed by atoms with Crippen LogP contribution in [0.3, 0.4) is 0 Å². The Morgan fingerprint density at radius 2 is 1.84 bits per heavy atom. The van der Waals surface area contributed by atoms with Gasteiger partial charge >= 0.3 is 0 Å². The van der Waals surface area contributed by atoms with Crippen LogP contribution in [0.4, 0.5) is 11.4 Å². The Bertz CT molecular complexity index is 1270. The lowest BCUT2D eigenvalue weighted by Gasteiger charge is -2.22. The Kier molecular flexibility index (Phi) is 5.47. The molecule has 1 saturated heterocycles. The zero-order chi connectivity index (χ0) is 21.9. The van der Waals surface area contributed by atoms with Gasteiger partial charge in [-0.15, -0.1) is 0 Å². The maximum Gasteiger partial charge on any atom is 0.0991 e. The van der Waals surface area contributed by atoms with Gasteiger partial charge in [0.1, 0.15) is 0 Å². The van der Waals surface area contributed by atoms with E-state index in [9.17, 15) is 0 Å². The Morgan fingerprint density at radius 1 is 1.03 bits per heavy atom. The Labute approximate surface area is 189 Å². The Balaban J connectivity index is 1.39. The molecule has 4 aromatic rings. The summed E-state index contributed by atoms with van der Waals surface area (Å²) in [4.78, 5) is 7.29. The number of hydrogen-bond donors (Lipinski definition) is 1. The van der Waals surface area contributed by atoms with Crippen molar-refractivity contribution in [1.82, 2.24) is 4.98 Å². The fraction of sp³-hybridized carbons (Fsp3) is 0.214. The lowest BCUT2D eigenvalue weighted by atomic mass is 9.99. The summed E-state index contributed by atoms with van der Waals surface area (Å²) in [6, 6.07) is 29.4. The molecule has 158 valence electrons. The van der Waals surface area contributed by atoms with Crippen LogP contribution in [0.2, 0.25) is 0 Å². The van der Waals surface area contributed by atoms with E-state index >= 15 is 0 Å². The van der Waals surface area contributed by atoms with Crippen LogP contribution in [-0.4, -0.2) is 18.1 Å². The Morgan fingerprint density at radius 3 is 2.62 bits per heavy atom. The van der Waals surface area contributed by atoms with Gasteiger partial charge in [-0.1, -0.05) is 42.5 Å². The first kappa shape index (κ1) is 20.1. The molecule has 0 amide bonds. The third kappa shape index (κ3) is 4.15. The SMILES string of the molecule is Cc1cc(N2CCC(c3ccccc3)C2)c2cc(NCc3ccc(C#N)cc3)ccc2n1. The third-order valence-corrected chi connectivity index (χ3v) is 6.29. The number of benzene rings is 3. The van der Waals surface area contributed by atoms with Crippen molar-refractivity contribution < 1.29 is 0 Å². The minimum absolute atomic E-state index is 0.567. The van der Waals surface area contributed by atoms with Gasteiger partial charge in [0.2, 0.25) is 0 Å². The molecule has 1 fully saturated rings. The van der Waals surface area contributed by atoms with Gasteiger partial charge in [0.15, 0.2) is 0 Å². The van der Waals surface area contributed by atoms with E-state index in [2.05, 4.69) is 77.8 Å². The van der Waals surface area contributed by atoms with Crippen molar-refractivity contribution in [2.75, 3.05) is 23.3 Å². The zero-order valence-corrected chi connectivity index (χ0v) is 18.3. The van der Waals surface area contributed by atoms with Crippen LogP contribution in [0.15, 0.2) is 78.9 Å². The second kappa shape index (κ2) is 8.72. The second-order valence-corrected chi connectivity index (χ2v) is 8.52. The number of pyridine rings is 1. The van der Waals surface area contributed by atoms with Gasteiger partial charge in [0.05, 0.1) is 17.1 Å². The molecule has 1 atom stereocenters. The van der Waals surface area contributed by atoms with Crippen molar-refractivity contribution in [3.8, 4) is 6.07 Å². The molecule has 0 radical (unpaired) electrons. The highest BCUT2D eigenvalue weighted by atomic mass is 15.2. The highest BCUT2D eigenvalue weighted by molar-refractivity contribution is 5.94. The number of nitrogens with zero attached hydrogens (tertiary/aromatic N) is 3. The molecule has 3 aromatic carbocycles. The number of aryl methyl sites for hydroxylation is 1. The van der Waals surface area contributed by atoms with E-state index in [1.807, 2.05) is 24.3 Å². The van der Waals surface area contributed by atoms with Gasteiger partial charge in [-0.25, -0.2) is 0 Å². The zero-order valence-electron chi connectivity index (χ0n) is 18.3. The van der Waals surface area contributed by atoms with Crippen molar-refractivity contribution in [2.45, 2.75) is 25.8 Å². The number of rotatable bonds is 5. The number of fused-ring (bicyclic) bond motifs is 1. The maximum absolute atomic E-state index is 8.98. The van der Waals surface area contributed by atoms with E-state index in [-0.39, 0.29) is 0 Å². The van der Waals surface area contributed by atoms with Crippen LogP contribution in [0, 0.1) is 18.3 Å². The van der Waals surface area contributed by atoms with Crippen molar-refractivity contribution in [1.29, 1.82) is 5.26 Å². The lowest BCUT2D eigenvalue weighted by molar-refractivity contribution is 0.775. The van der Waals surface area contributed by atoms with Crippen molar-refractivity contribution in [2.24, 2.45) is 0 Å². The second-order valence-electron chi connectivity index (χ2n) is 8.52. The standard InChI is InChI=1S/C28H26N4/c1-20-15-28(32-14-13-24(19-32)23-5-3-2-4-6-23)26-16-25(11-12-27(26)31-20)30-18-22-9-7-21(17-29)8-10-22/h2-12,15-16,24,30H,13-14,18-19H2,1H3. The summed E-state index contributed by atoms with van der Waals surface area (Å²) in [6.07, 6.45) is 1.17. The summed E-state index contributed by atoms with van der Waals surface area (Å²) in [6.45, 7) is 4.88. The van der Waals surface area contributed by atoms with Gasteiger partial charge in [-0.3, -0.25) is 4.98 Å².